The normalized spacial score (nSPS) is 17.8. The molecule has 2 aliphatic heterocycles. The Bertz CT molecular complexity index is 956. The summed E-state index contributed by atoms with van der Waals surface area (Å²) in [5, 5.41) is 3.34. The van der Waals surface area contributed by atoms with Crippen molar-refractivity contribution < 1.29 is 17.9 Å². The third-order valence-electron chi connectivity index (χ3n) is 4.84. The van der Waals surface area contributed by atoms with Crippen LogP contribution in [0.4, 0.5) is 11.5 Å². The molecule has 0 saturated carbocycles. The standard InChI is InChI=1S/C18H22N4O4S/c1-12-2-4-15(19)18(20-12)21-13-6-8-22(9-7-13)27(23,24)14-3-5-16-17(10-14)26-11-25-16/h2-5,10,13H,6-9,11,19H2,1H3,(H,20,21). The number of hydrogen-bond donors (Lipinski definition) is 2. The van der Waals surface area contributed by atoms with Crippen LogP contribution in [0.25, 0.3) is 0 Å². The van der Waals surface area contributed by atoms with Crippen LogP contribution in [0, 0.1) is 6.92 Å². The predicted octanol–water partition coefficient (Wildman–Crippen LogP) is 1.97. The summed E-state index contributed by atoms with van der Waals surface area (Å²) in [4.78, 5) is 4.65. The highest BCUT2D eigenvalue weighted by Crippen LogP contribution is 2.35. The number of anilines is 2. The zero-order valence-electron chi connectivity index (χ0n) is 15.0. The Balaban J connectivity index is 1.43. The van der Waals surface area contributed by atoms with Crippen molar-refractivity contribution in [3.63, 3.8) is 0 Å². The van der Waals surface area contributed by atoms with Crippen molar-refractivity contribution in [1.82, 2.24) is 9.29 Å². The Morgan fingerprint density at radius 3 is 2.67 bits per heavy atom. The van der Waals surface area contributed by atoms with E-state index in [0.717, 1.165) is 5.69 Å². The van der Waals surface area contributed by atoms with Crippen LogP contribution in [-0.2, 0) is 10.0 Å². The first-order valence-corrected chi connectivity index (χ1v) is 10.3. The number of nitrogen functional groups attached to an aromatic ring is 1. The smallest absolute Gasteiger partial charge is 0.243 e. The molecule has 1 aromatic carbocycles. The van der Waals surface area contributed by atoms with Gasteiger partial charge < -0.3 is 20.5 Å². The summed E-state index contributed by atoms with van der Waals surface area (Å²) in [6.07, 6.45) is 1.36. The minimum Gasteiger partial charge on any atom is -0.454 e. The number of sulfonamides is 1. The topological polar surface area (TPSA) is 107 Å². The van der Waals surface area contributed by atoms with Crippen molar-refractivity contribution in [2.24, 2.45) is 0 Å². The molecule has 1 aromatic heterocycles. The average Bonchev–Trinajstić information content (AvgIpc) is 3.13. The van der Waals surface area contributed by atoms with Gasteiger partial charge in [-0.1, -0.05) is 0 Å². The Morgan fingerprint density at radius 1 is 1.15 bits per heavy atom. The number of nitrogens with one attached hydrogen (secondary N) is 1. The highest BCUT2D eigenvalue weighted by atomic mass is 32.2. The first kappa shape index (κ1) is 17.9. The molecule has 0 atom stereocenters. The number of hydrogen-bond acceptors (Lipinski definition) is 7. The number of rotatable bonds is 4. The van der Waals surface area contributed by atoms with Gasteiger partial charge in [0.25, 0.3) is 0 Å². The van der Waals surface area contributed by atoms with Gasteiger partial charge in [-0.25, -0.2) is 13.4 Å². The number of aryl methyl sites for hydroxylation is 1. The van der Waals surface area contributed by atoms with Gasteiger partial charge in [0.05, 0.1) is 10.6 Å². The second-order valence-electron chi connectivity index (χ2n) is 6.73. The predicted molar refractivity (Wildman–Crippen MR) is 101 cm³/mol. The molecule has 0 bridgehead atoms. The van der Waals surface area contributed by atoms with Gasteiger partial charge in [-0.2, -0.15) is 4.31 Å². The van der Waals surface area contributed by atoms with E-state index < -0.39 is 10.0 Å². The number of ether oxygens (including phenoxy) is 2. The minimum atomic E-state index is -3.57. The number of fused-ring (bicyclic) bond motifs is 1. The largest absolute Gasteiger partial charge is 0.454 e. The van der Waals surface area contributed by atoms with E-state index in [-0.39, 0.29) is 17.7 Å². The van der Waals surface area contributed by atoms with Gasteiger partial charge in [-0.05, 0) is 44.0 Å². The fourth-order valence-corrected chi connectivity index (χ4v) is 4.79. The van der Waals surface area contributed by atoms with Crippen molar-refractivity contribution in [3.05, 3.63) is 36.0 Å². The van der Waals surface area contributed by atoms with Gasteiger partial charge in [0.1, 0.15) is 5.82 Å². The molecule has 1 fully saturated rings. The van der Waals surface area contributed by atoms with Crippen molar-refractivity contribution in [1.29, 1.82) is 0 Å². The lowest BCUT2D eigenvalue weighted by molar-refractivity contribution is 0.174. The lowest BCUT2D eigenvalue weighted by Gasteiger charge is -2.32. The molecule has 3 heterocycles. The molecule has 0 radical (unpaired) electrons. The Kier molecular flexibility index (Phi) is 4.56. The van der Waals surface area contributed by atoms with E-state index in [1.807, 2.05) is 19.1 Å². The van der Waals surface area contributed by atoms with Gasteiger partial charge in [-0.3, -0.25) is 0 Å². The second kappa shape index (κ2) is 6.90. The molecular formula is C18H22N4O4S. The summed E-state index contributed by atoms with van der Waals surface area (Å²) in [5.74, 6) is 1.70. The maximum atomic E-state index is 12.9. The summed E-state index contributed by atoms with van der Waals surface area (Å²) in [6, 6.07) is 8.54. The van der Waals surface area contributed by atoms with Crippen LogP contribution in [0.3, 0.4) is 0 Å². The van der Waals surface area contributed by atoms with E-state index >= 15 is 0 Å². The van der Waals surface area contributed by atoms with E-state index in [1.54, 1.807) is 12.1 Å². The molecule has 1 saturated heterocycles. The highest BCUT2D eigenvalue weighted by molar-refractivity contribution is 7.89. The van der Waals surface area contributed by atoms with E-state index in [0.29, 0.717) is 48.9 Å². The number of nitrogens with zero attached hydrogens (tertiary/aromatic N) is 2. The van der Waals surface area contributed by atoms with Crippen LogP contribution in [0.1, 0.15) is 18.5 Å². The Labute approximate surface area is 158 Å². The third-order valence-corrected chi connectivity index (χ3v) is 6.74. The van der Waals surface area contributed by atoms with Crippen molar-refractivity contribution in [2.75, 3.05) is 30.9 Å². The highest BCUT2D eigenvalue weighted by Gasteiger charge is 2.31. The van der Waals surface area contributed by atoms with Crippen LogP contribution in [0.2, 0.25) is 0 Å². The van der Waals surface area contributed by atoms with Gasteiger partial charge >= 0.3 is 0 Å². The molecule has 9 heteroatoms. The van der Waals surface area contributed by atoms with Crippen LogP contribution < -0.4 is 20.5 Å². The maximum Gasteiger partial charge on any atom is 0.243 e. The molecule has 0 spiro atoms. The lowest BCUT2D eigenvalue weighted by Crippen LogP contribution is -2.42. The van der Waals surface area contributed by atoms with Gasteiger partial charge in [0.2, 0.25) is 16.8 Å². The molecule has 4 rings (SSSR count). The molecule has 0 amide bonds. The number of aromatic nitrogens is 1. The zero-order chi connectivity index (χ0) is 19.0. The fourth-order valence-electron chi connectivity index (χ4n) is 3.30. The van der Waals surface area contributed by atoms with Crippen molar-refractivity contribution in [2.45, 2.75) is 30.7 Å². The molecule has 0 aliphatic carbocycles. The molecule has 2 aliphatic rings. The molecule has 0 unspecified atom stereocenters. The van der Waals surface area contributed by atoms with Crippen molar-refractivity contribution >= 4 is 21.5 Å². The molecule has 27 heavy (non-hydrogen) atoms. The minimum absolute atomic E-state index is 0.117. The van der Waals surface area contributed by atoms with Gasteiger partial charge in [0.15, 0.2) is 11.5 Å². The van der Waals surface area contributed by atoms with E-state index in [4.69, 9.17) is 15.2 Å². The second-order valence-corrected chi connectivity index (χ2v) is 8.67. The fraction of sp³-hybridized carbons (Fsp3) is 0.389. The molecule has 2 aromatic rings. The van der Waals surface area contributed by atoms with Crippen LogP contribution in [0.5, 0.6) is 11.5 Å². The monoisotopic (exact) mass is 390 g/mol. The Hall–Kier alpha value is -2.52. The number of piperidine rings is 1. The first-order valence-electron chi connectivity index (χ1n) is 8.83. The molecule has 144 valence electrons. The third kappa shape index (κ3) is 3.52. The number of nitrogens with two attached hydrogens (primary N) is 1. The zero-order valence-corrected chi connectivity index (χ0v) is 15.8. The molecular weight excluding hydrogens is 368 g/mol. The van der Waals surface area contributed by atoms with E-state index in [1.165, 1.54) is 10.4 Å². The summed E-state index contributed by atoms with van der Waals surface area (Å²) in [6.45, 7) is 2.89. The average molecular weight is 390 g/mol. The lowest BCUT2D eigenvalue weighted by atomic mass is 10.1. The summed E-state index contributed by atoms with van der Waals surface area (Å²) in [7, 11) is -3.57. The first-order chi connectivity index (χ1) is 12.9. The number of benzene rings is 1. The van der Waals surface area contributed by atoms with Crippen molar-refractivity contribution in [3.8, 4) is 11.5 Å². The van der Waals surface area contributed by atoms with Gasteiger partial charge in [-0.15, -0.1) is 0 Å². The quantitative estimate of drug-likeness (QED) is 0.822. The van der Waals surface area contributed by atoms with Crippen LogP contribution in [0.15, 0.2) is 35.2 Å². The summed E-state index contributed by atoms with van der Waals surface area (Å²) >= 11 is 0. The van der Waals surface area contributed by atoms with Crippen LogP contribution >= 0.6 is 0 Å². The maximum absolute atomic E-state index is 12.9. The van der Waals surface area contributed by atoms with Crippen LogP contribution in [-0.4, -0.2) is 43.6 Å². The van der Waals surface area contributed by atoms with E-state index in [2.05, 4.69) is 10.3 Å². The van der Waals surface area contributed by atoms with Gasteiger partial charge in [0, 0.05) is 30.9 Å². The molecule has 8 nitrogen and oxygen atoms in total. The summed E-state index contributed by atoms with van der Waals surface area (Å²) < 4.78 is 37.9. The summed E-state index contributed by atoms with van der Waals surface area (Å²) in [5.41, 5.74) is 7.45. The Morgan fingerprint density at radius 2 is 1.89 bits per heavy atom. The SMILES string of the molecule is Cc1ccc(N)c(NC2CCN(S(=O)(=O)c3ccc4c(c3)OCO4)CC2)n1. The molecule has 3 N–H and O–H groups in total. The van der Waals surface area contributed by atoms with E-state index in [9.17, 15) is 8.42 Å². The number of pyridine rings is 1.